The average molecular weight is 272 g/mol. The molecule has 0 radical (unpaired) electrons. The van der Waals surface area contributed by atoms with Gasteiger partial charge in [-0.1, -0.05) is 0 Å². The molecule has 3 aliphatic carbocycles. The molecule has 0 heterocycles. The Bertz CT molecular complexity index is 320. The van der Waals surface area contributed by atoms with Crippen LogP contribution in [0.2, 0.25) is 0 Å². The Kier molecular flexibility index (Phi) is 3.55. The summed E-state index contributed by atoms with van der Waals surface area (Å²) >= 11 is 5.80. The number of carbonyl (C=O) groups excluding carboxylic acids is 1. The molecular weight excluding hydrogens is 250 g/mol. The first kappa shape index (κ1) is 12.7. The lowest BCUT2D eigenvalue weighted by molar-refractivity contribution is -0.134. The number of hydrogen-bond donors (Lipinski definition) is 0. The lowest BCUT2D eigenvalue weighted by atomic mass is 10.0. The van der Waals surface area contributed by atoms with Crippen LogP contribution in [-0.2, 0) is 9.53 Å². The van der Waals surface area contributed by atoms with E-state index in [4.69, 9.17) is 16.3 Å². The Morgan fingerprint density at radius 1 is 1.28 bits per heavy atom. The highest BCUT2D eigenvalue weighted by atomic mass is 35.5. The minimum absolute atomic E-state index is 0.330. The SMILES string of the molecule is COCCN(CCCl)C(=O)C1C2C3CCC(C3)C12. The maximum Gasteiger partial charge on any atom is 0.226 e. The van der Waals surface area contributed by atoms with Gasteiger partial charge < -0.3 is 9.64 Å². The van der Waals surface area contributed by atoms with E-state index in [0.29, 0.717) is 37.4 Å². The zero-order valence-corrected chi connectivity index (χ0v) is 11.7. The highest BCUT2D eigenvalue weighted by Crippen LogP contribution is 2.69. The maximum atomic E-state index is 12.5. The second kappa shape index (κ2) is 5.01. The van der Waals surface area contributed by atoms with Gasteiger partial charge in [0.15, 0.2) is 0 Å². The number of nitrogens with zero attached hydrogens (tertiary/aromatic N) is 1. The van der Waals surface area contributed by atoms with Crippen LogP contribution in [0.5, 0.6) is 0 Å². The van der Waals surface area contributed by atoms with Gasteiger partial charge in [0.05, 0.1) is 6.61 Å². The number of fused-ring (bicyclic) bond motifs is 5. The molecule has 1 amide bonds. The van der Waals surface area contributed by atoms with Crippen molar-refractivity contribution in [1.29, 1.82) is 0 Å². The summed E-state index contributed by atoms with van der Waals surface area (Å²) in [6.45, 7) is 1.96. The fourth-order valence-electron chi connectivity index (χ4n) is 4.50. The minimum atomic E-state index is 0.330. The molecule has 0 aromatic carbocycles. The minimum Gasteiger partial charge on any atom is -0.383 e. The van der Waals surface area contributed by atoms with Crippen LogP contribution in [0.1, 0.15) is 19.3 Å². The van der Waals surface area contributed by atoms with Crippen LogP contribution in [-0.4, -0.2) is 43.5 Å². The van der Waals surface area contributed by atoms with Crippen molar-refractivity contribution in [3.63, 3.8) is 0 Å². The largest absolute Gasteiger partial charge is 0.383 e. The Balaban J connectivity index is 1.60. The second-order valence-corrected chi connectivity index (χ2v) is 6.40. The number of amides is 1. The van der Waals surface area contributed by atoms with Gasteiger partial charge in [0.25, 0.3) is 0 Å². The Morgan fingerprint density at radius 3 is 2.50 bits per heavy atom. The first-order chi connectivity index (χ1) is 8.77. The monoisotopic (exact) mass is 271 g/mol. The fraction of sp³-hybridized carbons (Fsp3) is 0.929. The van der Waals surface area contributed by atoms with Crippen molar-refractivity contribution in [2.75, 3.05) is 32.7 Å². The second-order valence-electron chi connectivity index (χ2n) is 6.02. The smallest absolute Gasteiger partial charge is 0.226 e. The molecule has 102 valence electrons. The number of alkyl halides is 1. The van der Waals surface area contributed by atoms with Crippen molar-refractivity contribution in [1.82, 2.24) is 4.90 Å². The van der Waals surface area contributed by atoms with E-state index in [1.165, 1.54) is 19.3 Å². The number of rotatable bonds is 6. The summed E-state index contributed by atoms with van der Waals surface area (Å²) in [4.78, 5) is 14.5. The molecule has 18 heavy (non-hydrogen) atoms. The van der Waals surface area contributed by atoms with Crippen LogP contribution in [0.3, 0.4) is 0 Å². The van der Waals surface area contributed by atoms with E-state index in [9.17, 15) is 4.79 Å². The first-order valence-corrected chi connectivity index (χ1v) is 7.65. The molecule has 4 heteroatoms. The Hall–Kier alpha value is -0.280. The summed E-state index contributed by atoms with van der Waals surface area (Å²) in [6.07, 6.45) is 4.12. The Labute approximate surface area is 114 Å². The highest BCUT2D eigenvalue weighted by Gasteiger charge is 2.67. The normalized spacial score (nSPS) is 39.8. The van der Waals surface area contributed by atoms with E-state index in [0.717, 1.165) is 23.7 Å². The van der Waals surface area contributed by atoms with Crippen LogP contribution in [0.4, 0.5) is 0 Å². The van der Waals surface area contributed by atoms with Crippen molar-refractivity contribution in [3.8, 4) is 0 Å². The molecule has 0 N–H and O–H groups in total. The van der Waals surface area contributed by atoms with Crippen molar-refractivity contribution in [2.24, 2.45) is 29.6 Å². The molecule has 2 bridgehead atoms. The van der Waals surface area contributed by atoms with E-state index in [1.54, 1.807) is 7.11 Å². The summed E-state index contributed by atoms with van der Waals surface area (Å²) in [5.41, 5.74) is 0. The lowest BCUT2D eigenvalue weighted by Crippen LogP contribution is -2.37. The van der Waals surface area contributed by atoms with Gasteiger partial charge in [0.2, 0.25) is 5.91 Å². The molecule has 4 unspecified atom stereocenters. The number of halogens is 1. The molecule has 3 nitrogen and oxygen atoms in total. The third kappa shape index (κ3) is 1.96. The average Bonchev–Trinajstić information content (AvgIpc) is 2.81. The molecular formula is C14H22ClNO2. The van der Waals surface area contributed by atoms with Crippen molar-refractivity contribution >= 4 is 17.5 Å². The van der Waals surface area contributed by atoms with Crippen molar-refractivity contribution < 1.29 is 9.53 Å². The molecule has 0 spiro atoms. The zero-order chi connectivity index (χ0) is 12.7. The van der Waals surface area contributed by atoms with Crippen LogP contribution in [0.25, 0.3) is 0 Å². The molecule has 0 aromatic rings. The van der Waals surface area contributed by atoms with Gasteiger partial charge in [0.1, 0.15) is 0 Å². The fourth-order valence-corrected chi connectivity index (χ4v) is 4.71. The quantitative estimate of drug-likeness (QED) is 0.692. The van der Waals surface area contributed by atoms with Crippen molar-refractivity contribution in [2.45, 2.75) is 19.3 Å². The first-order valence-electron chi connectivity index (χ1n) is 7.11. The van der Waals surface area contributed by atoms with Crippen LogP contribution in [0, 0.1) is 29.6 Å². The highest BCUT2D eigenvalue weighted by molar-refractivity contribution is 6.18. The van der Waals surface area contributed by atoms with E-state index >= 15 is 0 Å². The van der Waals surface area contributed by atoms with E-state index in [-0.39, 0.29) is 0 Å². The third-order valence-electron chi connectivity index (χ3n) is 5.25. The van der Waals surface area contributed by atoms with E-state index in [1.807, 2.05) is 4.90 Å². The van der Waals surface area contributed by atoms with Crippen LogP contribution in [0.15, 0.2) is 0 Å². The van der Waals surface area contributed by atoms with Gasteiger partial charge in [0, 0.05) is 32.0 Å². The summed E-state index contributed by atoms with van der Waals surface area (Å²) in [6, 6.07) is 0. The zero-order valence-electron chi connectivity index (χ0n) is 11.0. The van der Waals surface area contributed by atoms with Crippen LogP contribution < -0.4 is 0 Å². The number of ether oxygens (including phenoxy) is 1. The number of carbonyl (C=O) groups is 1. The molecule has 3 aliphatic rings. The molecule has 0 aromatic heterocycles. The Morgan fingerprint density at radius 2 is 1.94 bits per heavy atom. The van der Waals surface area contributed by atoms with Gasteiger partial charge >= 0.3 is 0 Å². The molecule has 0 saturated heterocycles. The van der Waals surface area contributed by atoms with Gasteiger partial charge in [-0.15, -0.1) is 11.6 Å². The molecule has 3 saturated carbocycles. The van der Waals surface area contributed by atoms with Gasteiger partial charge in [-0.3, -0.25) is 4.79 Å². The molecule has 4 atom stereocenters. The lowest BCUT2D eigenvalue weighted by Gasteiger charge is -2.23. The summed E-state index contributed by atoms with van der Waals surface area (Å²) in [7, 11) is 1.68. The van der Waals surface area contributed by atoms with Crippen LogP contribution >= 0.6 is 11.6 Å². The summed E-state index contributed by atoms with van der Waals surface area (Å²) in [5, 5.41) is 0. The van der Waals surface area contributed by atoms with E-state index in [2.05, 4.69) is 0 Å². The summed E-state index contributed by atoms with van der Waals surface area (Å²) < 4.78 is 5.08. The van der Waals surface area contributed by atoms with Gasteiger partial charge in [-0.2, -0.15) is 0 Å². The molecule has 0 aliphatic heterocycles. The molecule has 3 fully saturated rings. The third-order valence-corrected chi connectivity index (χ3v) is 5.42. The number of methoxy groups -OCH3 is 1. The topological polar surface area (TPSA) is 29.5 Å². The maximum absolute atomic E-state index is 12.5. The summed E-state index contributed by atoms with van der Waals surface area (Å²) in [5.74, 6) is 4.34. The van der Waals surface area contributed by atoms with E-state index < -0.39 is 0 Å². The van der Waals surface area contributed by atoms with Gasteiger partial charge in [-0.25, -0.2) is 0 Å². The predicted octanol–water partition coefficient (Wildman–Crippen LogP) is 1.99. The predicted molar refractivity (Wildman–Crippen MR) is 70.5 cm³/mol. The number of hydrogen-bond acceptors (Lipinski definition) is 2. The molecule has 3 rings (SSSR count). The standard InChI is InChI=1S/C14H22ClNO2/c1-18-7-6-16(5-4-15)14(17)13-11-9-2-3-10(8-9)12(11)13/h9-13H,2-8H2,1H3. The van der Waals surface area contributed by atoms with Crippen molar-refractivity contribution in [3.05, 3.63) is 0 Å². The van der Waals surface area contributed by atoms with Gasteiger partial charge in [-0.05, 0) is 42.9 Å².